The van der Waals surface area contributed by atoms with E-state index >= 15 is 0 Å². The fourth-order valence-corrected chi connectivity index (χ4v) is 3.53. The van der Waals surface area contributed by atoms with E-state index in [1.807, 2.05) is 6.07 Å². The number of ether oxygens (including phenoxy) is 1. The van der Waals surface area contributed by atoms with E-state index in [9.17, 15) is 9.18 Å². The van der Waals surface area contributed by atoms with Crippen LogP contribution in [0.1, 0.15) is 23.0 Å². The lowest BCUT2D eigenvalue weighted by molar-refractivity contribution is 0.0526. The molecule has 1 fully saturated rings. The average Bonchev–Trinajstić information content (AvgIpc) is 3.21. The number of carbonyl (C=O) groups is 1. The van der Waals surface area contributed by atoms with Crippen molar-refractivity contribution >= 4 is 22.6 Å². The number of anilines is 1. The van der Waals surface area contributed by atoms with Gasteiger partial charge in [-0.05, 0) is 25.1 Å². The molecule has 3 heterocycles. The molecule has 1 aliphatic heterocycles. The van der Waals surface area contributed by atoms with Gasteiger partial charge in [0.1, 0.15) is 17.6 Å². The molecular formula is C20H21FN4O3. The first kappa shape index (κ1) is 18.4. The van der Waals surface area contributed by atoms with E-state index in [0.717, 1.165) is 18.8 Å². The number of carbonyl (C=O) groups excluding carboxylic acids is 1. The minimum absolute atomic E-state index is 0.269. The molecule has 0 aliphatic carbocycles. The van der Waals surface area contributed by atoms with Gasteiger partial charge >= 0.3 is 5.97 Å². The van der Waals surface area contributed by atoms with Crippen LogP contribution in [0.2, 0.25) is 0 Å². The third kappa shape index (κ3) is 3.68. The number of rotatable bonds is 5. The van der Waals surface area contributed by atoms with Crippen LogP contribution in [0, 0.1) is 5.82 Å². The maximum absolute atomic E-state index is 14.0. The summed E-state index contributed by atoms with van der Waals surface area (Å²) in [7, 11) is 0. The van der Waals surface area contributed by atoms with Gasteiger partial charge in [-0.1, -0.05) is 5.16 Å². The van der Waals surface area contributed by atoms with Crippen LogP contribution < -0.4 is 4.90 Å². The second-order valence-electron chi connectivity index (χ2n) is 6.66. The predicted molar refractivity (Wildman–Crippen MR) is 102 cm³/mol. The number of esters is 1. The van der Waals surface area contributed by atoms with Crippen LogP contribution in [0.5, 0.6) is 0 Å². The number of nitrogens with zero attached hydrogens (tertiary/aromatic N) is 4. The number of benzene rings is 1. The molecule has 8 heteroatoms. The van der Waals surface area contributed by atoms with Gasteiger partial charge in [0.05, 0.1) is 23.5 Å². The summed E-state index contributed by atoms with van der Waals surface area (Å²) in [4.78, 5) is 21.2. The van der Waals surface area contributed by atoms with Gasteiger partial charge in [-0.2, -0.15) is 0 Å². The Morgan fingerprint density at radius 1 is 1.25 bits per heavy atom. The van der Waals surface area contributed by atoms with E-state index in [2.05, 4.69) is 19.9 Å². The molecule has 2 aromatic heterocycles. The van der Waals surface area contributed by atoms with Gasteiger partial charge in [-0.25, -0.2) is 9.18 Å². The molecule has 0 unspecified atom stereocenters. The van der Waals surface area contributed by atoms with Gasteiger partial charge in [-0.3, -0.25) is 9.88 Å². The topological polar surface area (TPSA) is 71.7 Å². The first-order chi connectivity index (χ1) is 13.7. The highest BCUT2D eigenvalue weighted by Crippen LogP contribution is 2.31. The molecule has 146 valence electrons. The van der Waals surface area contributed by atoms with Crippen molar-refractivity contribution in [3.63, 3.8) is 0 Å². The lowest BCUT2D eigenvalue weighted by Crippen LogP contribution is -2.46. The van der Waals surface area contributed by atoms with E-state index in [0.29, 0.717) is 41.8 Å². The fraction of sp³-hybridized carbons (Fsp3) is 0.350. The molecule has 0 bridgehead atoms. The van der Waals surface area contributed by atoms with E-state index < -0.39 is 5.97 Å². The first-order valence-corrected chi connectivity index (χ1v) is 9.27. The quantitative estimate of drug-likeness (QED) is 0.627. The van der Waals surface area contributed by atoms with Gasteiger partial charge in [-0.15, -0.1) is 0 Å². The molecule has 7 nitrogen and oxygen atoms in total. The molecule has 0 amide bonds. The summed E-state index contributed by atoms with van der Waals surface area (Å²) in [6, 6.07) is 6.29. The zero-order valence-corrected chi connectivity index (χ0v) is 15.6. The van der Waals surface area contributed by atoms with Crippen LogP contribution in [-0.2, 0) is 11.3 Å². The van der Waals surface area contributed by atoms with Gasteiger partial charge in [0.15, 0.2) is 0 Å². The predicted octanol–water partition coefficient (Wildman–Crippen LogP) is 2.86. The van der Waals surface area contributed by atoms with E-state index in [1.165, 1.54) is 18.3 Å². The van der Waals surface area contributed by atoms with Gasteiger partial charge in [0.25, 0.3) is 0 Å². The van der Waals surface area contributed by atoms with E-state index in [1.54, 1.807) is 19.3 Å². The number of piperazine rings is 1. The Morgan fingerprint density at radius 3 is 2.79 bits per heavy atom. The van der Waals surface area contributed by atoms with Crippen molar-refractivity contribution in [2.45, 2.75) is 13.5 Å². The molecule has 0 radical (unpaired) electrons. The summed E-state index contributed by atoms with van der Waals surface area (Å²) in [5, 5.41) is 4.58. The molecule has 28 heavy (non-hydrogen) atoms. The highest BCUT2D eigenvalue weighted by Gasteiger charge is 2.25. The van der Waals surface area contributed by atoms with E-state index in [4.69, 9.17) is 9.26 Å². The molecule has 3 aromatic rings. The van der Waals surface area contributed by atoms with Gasteiger partial charge < -0.3 is 14.2 Å². The number of halogens is 1. The summed E-state index contributed by atoms with van der Waals surface area (Å²) in [6.07, 6.45) is 3.09. The zero-order chi connectivity index (χ0) is 19.5. The van der Waals surface area contributed by atoms with Crippen LogP contribution in [0.15, 0.2) is 41.2 Å². The van der Waals surface area contributed by atoms with Crippen LogP contribution in [-0.4, -0.2) is 53.8 Å². The number of aromatic nitrogens is 2. The summed E-state index contributed by atoms with van der Waals surface area (Å²) in [5.41, 5.74) is 2.58. The molecule has 0 saturated carbocycles. The minimum Gasteiger partial charge on any atom is -0.462 e. The van der Waals surface area contributed by atoms with Crippen molar-refractivity contribution in [2.24, 2.45) is 0 Å². The molecular weight excluding hydrogens is 363 g/mol. The summed E-state index contributed by atoms with van der Waals surface area (Å²) >= 11 is 0. The Balaban J connectivity index is 1.64. The summed E-state index contributed by atoms with van der Waals surface area (Å²) in [6.45, 7) is 5.70. The second kappa shape index (κ2) is 7.93. The Labute approximate surface area is 161 Å². The van der Waals surface area contributed by atoms with Crippen molar-refractivity contribution < 1.29 is 18.4 Å². The number of pyridine rings is 1. The average molecular weight is 384 g/mol. The molecule has 4 rings (SSSR count). The Hall–Kier alpha value is -3.00. The zero-order valence-electron chi connectivity index (χ0n) is 15.6. The first-order valence-electron chi connectivity index (χ1n) is 9.27. The smallest absolute Gasteiger partial charge is 0.341 e. The van der Waals surface area contributed by atoms with Crippen LogP contribution in [0.3, 0.4) is 0 Å². The lowest BCUT2D eigenvalue weighted by Gasteiger charge is -2.36. The van der Waals surface area contributed by atoms with Crippen LogP contribution in [0.4, 0.5) is 10.1 Å². The number of hydrogen-bond acceptors (Lipinski definition) is 7. The minimum atomic E-state index is -0.443. The highest BCUT2D eigenvalue weighted by atomic mass is 19.1. The van der Waals surface area contributed by atoms with Crippen molar-refractivity contribution in [2.75, 3.05) is 37.7 Å². The van der Waals surface area contributed by atoms with Crippen molar-refractivity contribution in [1.29, 1.82) is 0 Å². The van der Waals surface area contributed by atoms with Crippen molar-refractivity contribution in [3.05, 3.63) is 53.8 Å². The normalized spacial score (nSPS) is 15.1. The Kier molecular flexibility index (Phi) is 5.21. The monoisotopic (exact) mass is 384 g/mol. The van der Waals surface area contributed by atoms with Gasteiger partial charge in [0, 0.05) is 50.4 Å². The number of hydrogen-bond donors (Lipinski definition) is 0. The third-order valence-corrected chi connectivity index (χ3v) is 4.86. The highest BCUT2D eigenvalue weighted by molar-refractivity contribution is 6.05. The van der Waals surface area contributed by atoms with Crippen LogP contribution >= 0.6 is 0 Å². The third-order valence-electron chi connectivity index (χ3n) is 4.86. The number of fused-ring (bicyclic) bond motifs is 1. The molecule has 0 spiro atoms. The summed E-state index contributed by atoms with van der Waals surface area (Å²) < 4.78 is 24.0. The SMILES string of the molecule is CCOC(=O)c1cnc2ccc(F)cc2c1N1CCN(Cc2ccon2)CC1. The molecule has 0 N–H and O–H groups in total. The largest absolute Gasteiger partial charge is 0.462 e. The maximum atomic E-state index is 14.0. The van der Waals surface area contributed by atoms with Crippen molar-refractivity contribution in [1.82, 2.24) is 15.0 Å². The lowest BCUT2D eigenvalue weighted by atomic mass is 10.1. The van der Waals surface area contributed by atoms with Crippen LogP contribution in [0.25, 0.3) is 10.9 Å². The second-order valence-corrected chi connectivity index (χ2v) is 6.66. The fourth-order valence-electron chi connectivity index (χ4n) is 3.53. The Bertz CT molecular complexity index is 969. The maximum Gasteiger partial charge on any atom is 0.341 e. The molecule has 1 aromatic carbocycles. The van der Waals surface area contributed by atoms with Crippen molar-refractivity contribution in [3.8, 4) is 0 Å². The molecule has 0 atom stereocenters. The summed E-state index contributed by atoms with van der Waals surface area (Å²) in [5.74, 6) is -0.803. The molecule has 1 aliphatic rings. The standard InChI is InChI=1S/C20H21FN4O3/c1-2-27-20(26)17-12-22-18-4-3-14(21)11-16(18)19(17)25-8-6-24(7-9-25)13-15-5-10-28-23-15/h3-5,10-12H,2,6-9,13H2,1H3. The van der Waals surface area contributed by atoms with E-state index in [-0.39, 0.29) is 12.4 Å². The van der Waals surface area contributed by atoms with Gasteiger partial charge in [0.2, 0.25) is 0 Å². The Morgan fingerprint density at radius 2 is 2.07 bits per heavy atom. The molecule has 1 saturated heterocycles.